The van der Waals surface area contributed by atoms with E-state index in [1.165, 1.54) is 12.1 Å². The van der Waals surface area contributed by atoms with E-state index in [4.69, 9.17) is 5.14 Å². The molecule has 0 fully saturated rings. The number of nitrogens with zero attached hydrogens (tertiary/aromatic N) is 4. The van der Waals surface area contributed by atoms with Crippen LogP contribution in [0.2, 0.25) is 0 Å². The molecule has 0 aliphatic rings. The first-order chi connectivity index (χ1) is 13.0. The molecule has 2 aromatic heterocycles. The normalized spacial score (nSPS) is 12.2. The third-order valence-corrected chi connectivity index (χ3v) is 4.80. The van der Waals surface area contributed by atoms with Gasteiger partial charge in [-0.15, -0.1) is 0 Å². The number of nitrogens with one attached hydrogen (secondary N) is 1. The molecule has 0 unspecified atom stereocenters. The van der Waals surface area contributed by atoms with E-state index < -0.39 is 15.6 Å². The lowest BCUT2D eigenvalue weighted by Gasteiger charge is -2.16. The van der Waals surface area contributed by atoms with Gasteiger partial charge in [0.25, 0.3) is 0 Å². The second kappa shape index (κ2) is 7.30. The Hall–Kier alpha value is -2.82. The summed E-state index contributed by atoms with van der Waals surface area (Å²) in [4.78, 5) is 8.83. The molecule has 0 radical (unpaired) electrons. The van der Waals surface area contributed by atoms with Crippen LogP contribution in [0.3, 0.4) is 0 Å². The van der Waals surface area contributed by atoms with Crippen molar-refractivity contribution in [2.24, 2.45) is 5.14 Å². The lowest BCUT2D eigenvalue weighted by molar-refractivity contribution is 0.0577. The van der Waals surface area contributed by atoms with Crippen molar-refractivity contribution in [1.29, 1.82) is 0 Å². The topological polar surface area (TPSA) is 136 Å². The van der Waals surface area contributed by atoms with E-state index in [0.717, 1.165) is 11.1 Å². The van der Waals surface area contributed by atoms with Crippen LogP contribution in [-0.4, -0.2) is 38.9 Å². The highest BCUT2D eigenvalue weighted by atomic mass is 32.2. The molecule has 148 valence electrons. The van der Waals surface area contributed by atoms with Crippen LogP contribution in [0.4, 0.5) is 11.6 Å². The molecule has 10 heteroatoms. The molecule has 3 rings (SSSR count). The number of benzene rings is 1. The molecule has 28 heavy (non-hydrogen) atoms. The molecule has 1 aromatic carbocycles. The summed E-state index contributed by atoms with van der Waals surface area (Å²) in [6.45, 7) is 5.69. The Labute approximate surface area is 163 Å². The number of hydrogen-bond donors (Lipinski definition) is 3. The van der Waals surface area contributed by atoms with Crippen molar-refractivity contribution in [2.45, 2.75) is 37.8 Å². The summed E-state index contributed by atoms with van der Waals surface area (Å²) < 4.78 is 24.3. The quantitative estimate of drug-likeness (QED) is 0.572. The van der Waals surface area contributed by atoms with E-state index >= 15 is 0 Å². The Bertz CT molecular complexity index is 1090. The van der Waals surface area contributed by atoms with Crippen molar-refractivity contribution in [3.8, 4) is 11.3 Å². The van der Waals surface area contributed by atoms with E-state index in [1.54, 1.807) is 43.1 Å². The van der Waals surface area contributed by atoms with E-state index in [9.17, 15) is 13.5 Å². The maximum absolute atomic E-state index is 11.3. The highest BCUT2D eigenvalue weighted by molar-refractivity contribution is 7.89. The molecular formula is C18H22N6O3S. The van der Waals surface area contributed by atoms with E-state index in [1.807, 2.05) is 13.1 Å². The van der Waals surface area contributed by atoms with Crippen LogP contribution in [-0.2, 0) is 16.6 Å². The molecule has 3 aromatic rings. The lowest BCUT2D eigenvalue weighted by Crippen LogP contribution is -2.26. The van der Waals surface area contributed by atoms with E-state index in [2.05, 4.69) is 20.4 Å². The zero-order valence-corrected chi connectivity index (χ0v) is 16.6. The van der Waals surface area contributed by atoms with Crippen LogP contribution < -0.4 is 10.5 Å². The highest BCUT2D eigenvalue weighted by Crippen LogP contribution is 2.23. The number of aromatic nitrogens is 4. The fraction of sp³-hybridized carbons (Fsp3) is 0.278. The first kappa shape index (κ1) is 19.9. The first-order valence-electron chi connectivity index (χ1n) is 8.50. The van der Waals surface area contributed by atoms with Crippen molar-refractivity contribution >= 4 is 21.7 Å². The standard InChI is InChI=1S/C18H22N6O3S/c1-12-8-20-17(22-14-4-6-15(7-5-14)28(19,26)27)23-16(12)13-9-21-24(10-13)11-18(2,3)25/h4-10,25H,11H2,1-3H3,(H2,19,26,27)(H,20,22,23). The molecule has 0 aliphatic carbocycles. The summed E-state index contributed by atoms with van der Waals surface area (Å²) in [6, 6.07) is 5.99. The van der Waals surface area contributed by atoms with E-state index in [-0.39, 0.29) is 4.90 Å². The maximum Gasteiger partial charge on any atom is 0.238 e. The van der Waals surface area contributed by atoms with Crippen molar-refractivity contribution in [2.75, 3.05) is 5.32 Å². The van der Waals surface area contributed by atoms with Crippen LogP contribution >= 0.6 is 0 Å². The van der Waals surface area contributed by atoms with Gasteiger partial charge in [-0.2, -0.15) is 5.10 Å². The Morgan fingerprint density at radius 3 is 2.50 bits per heavy atom. The second-order valence-corrected chi connectivity index (χ2v) is 8.72. The largest absolute Gasteiger partial charge is 0.389 e. The minimum atomic E-state index is -3.74. The summed E-state index contributed by atoms with van der Waals surface area (Å²) in [5, 5.41) is 22.4. The van der Waals surface area contributed by atoms with Gasteiger partial charge in [-0.25, -0.2) is 23.5 Å². The van der Waals surface area contributed by atoms with Gasteiger partial charge in [-0.05, 0) is 50.6 Å². The maximum atomic E-state index is 11.3. The van der Waals surface area contributed by atoms with Gasteiger partial charge in [0.15, 0.2) is 0 Å². The van der Waals surface area contributed by atoms with Crippen LogP contribution in [0.1, 0.15) is 19.4 Å². The predicted molar refractivity (Wildman–Crippen MR) is 105 cm³/mol. The van der Waals surface area contributed by atoms with E-state index in [0.29, 0.717) is 23.9 Å². The van der Waals surface area contributed by atoms with Gasteiger partial charge in [0.05, 0.1) is 28.9 Å². The Balaban J connectivity index is 1.84. The Kier molecular flexibility index (Phi) is 5.20. The second-order valence-electron chi connectivity index (χ2n) is 7.16. The fourth-order valence-electron chi connectivity index (χ4n) is 2.62. The van der Waals surface area contributed by atoms with Gasteiger partial charge in [-0.1, -0.05) is 0 Å². The molecular weight excluding hydrogens is 380 g/mol. The lowest BCUT2D eigenvalue weighted by atomic mass is 10.1. The first-order valence-corrected chi connectivity index (χ1v) is 10.0. The van der Waals surface area contributed by atoms with Gasteiger partial charge < -0.3 is 10.4 Å². The molecule has 0 saturated carbocycles. The third kappa shape index (κ3) is 4.91. The molecule has 2 heterocycles. The third-order valence-electron chi connectivity index (χ3n) is 3.87. The number of aliphatic hydroxyl groups is 1. The monoisotopic (exact) mass is 402 g/mol. The van der Waals surface area contributed by atoms with Crippen LogP contribution in [0, 0.1) is 6.92 Å². The van der Waals surface area contributed by atoms with Crippen molar-refractivity contribution in [3.63, 3.8) is 0 Å². The van der Waals surface area contributed by atoms with Crippen LogP contribution in [0.25, 0.3) is 11.3 Å². The average Bonchev–Trinajstić information content (AvgIpc) is 3.02. The zero-order valence-electron chi connectivity index (χ0n) is 15.8. The summed E-state index contributed by atoms with van der Waals surface area (Å²) >= 11 is 0. The molecule has 4 N–H and O–H groups in total. The number of primary sulfonamides is 1. The molecule has 0 atom stereocenters. The Morgan fingerprint density at radius 2 is 1.89 bits per heavy atom. The number of rotatable bonds is 6. The SMILES string of the molecule is Cc1cnc(Nc2ccc(S(N)(=O)=O)cc2)nc1-c1cnn(CC(C)(C)O)c1. The van der Waals surface area contributed by atoms with Gasteiger partial charge in [-0.3, -0.25) is 4.68 Å². The molecule has 9 nitrogen and oxygen atoms in total. The number of aryl methyl sites for hydroxylation is 1. The minimum absolute atomic E-state index is 0.0304. The molecule has 0 saturated heterocycles. The molecule has 0 spiro atoms. The molecule has 0 aliphatic heterocycles. The average molecular weight is 402 g/mol. The van der Waals surface area contributed by atoms with Gasteiger partial charge in [0, 0.05) is 23.6 Å². The zero-order chi connectivity index (χ0) is 20.5. The number of nitrogens with two attached hydrogens (primary N) is 1. The van der Waals surface area contributed by atoms with Crippen LogP contribution in [0.15, 0.2) is 47.8 Å². The van der Waals surface area contributed by atoms with Crippen molar-refractivity contribution < 1.29 is 13.5 Å². The predicted octanol–water partition coefficient (Wildman–Crippen LogP) is 1.81. The highest BCUT2D eigenvalue weighted by Gasteiger charge is 2.16. The van der Waals surface area contributed by atoms with Gasteiger partial charge >= 0.3 is 0 Å². The molecule has 0 amide bonds. The smallest absolute Gasteiger partial charge is 0.238 e. The van der Waals surface area contributed by atoms with Crippen molar-refractivity contribution in [1.82, 2.24) is 19.7 Å². The number of hydrogen-bond acceptors (Lipinski definition) is 7. The summed E-state index contributed by atoms with van der Waals surface area (Å²) in [7, 11) is -3.74. The molecule has 0 bridgehead atoms. The minimum Gasteiger partial charge on any atom is -0.389 e. The summed E-state index contributed by atoms with van der Waals surface area (Å²) in [5.41, 5.74) is 2.13. The number of sulfonamides is 1. The van der Waals surface area contributed by atoms with Gasteiger partial charge in [0.2, 0.25) is 16.0 Å². The van der Waals surface area contributed by atoms with Crippen LogP contribution in [0.5, 0.6) is 0 Å². The fourth-order valence-corrected chi connectivity index (χ4v) is 3.14. The Morgan fingerprint density at radius 1 is 1.21 bits per heavy atom. The van der Waals surface area contributed by atoms with Gasteiger partial charge in [0.1, 0.15) is 0 Å². The number of anilines is 2. The van der Waals surface area contributed by atoms with Crippen molar-refractivity contribution in [3.05, 3.63) is 48.4 Å². The summed E-state index contributed by atoms with van der Waals surface area (Å²) in [5.74, 6) is 0.360. The summed E-state index contributed by atoms with van der Waals surface area (Å²) in [6.07, 6.45) is 5.19.